The smallest absolute Gasteiger partial charge is 0.142 e. The molecule has 4 heteroatoms. The molecule has 0 aliphatic heterocycles. The Bertz CT molecular complexity index is 2530. The largest absolute Gasteiger partial charge is 0.508 e. The van der Waals surface area contributed by atoms with Crippen LogP contribution in [0.4, 0.5) is 0 Å². The molecule has 2 N–H and O–H groups in total. The van der Waals surface area contributed by atoms with Gasteiger partial charge >= 0.3 is 0 Å². The zero-order valence-corrected chi connectivity index (χ0v) is 27.7. The first kappa shape index (κ1) is 31.6. The van der Waals surface area contributed by atoms with E-state index >= 15 is 0 Å². The van der Waals surface area contributed by atoms with Gasteiger partial charge in [0.05, 0.1) is 0 Å². The minimum atomic E-state index is -0.0733. The highest BCUT2D eigenvalue weighted by molar-refractivity contribution is 6.36. The summed E-state index contributed by atoms with van der Waals surface area (Å²) in [6.45, 7) is 6.25. The van der Waals surface area contributed by atoms with E-state index in [1.165, 1.54) is 17.7 Å². The second kappa shape index (κ2) is 13.3. The minimum absolute atomic E-state index is 0.0624. The van der Waals surface area contributed by atoms with E-state index in [-0.39, 0.29) is 11.5 Å². The maximum Gasteiger partial charge on any atom is 0.142 e. The quantitative estimate of drug-likeness (QED) is 0.142. The summed E-state index contributed by atoms with van der Waals surface area (Å²) >= 11 is 0. The Hall–Kier alpha value is -6.00. The van der Waals surface area contributed by atoms with Crippen molar-refractivity contribution >= 4 is 52.3 Å². The van der Waals surface area contributed by atoms with E-state index in [2.05, 4.69) is 123 Å². The molecule has 0 bridgehead atoms. The fraction of sp³-hybridized carbons (Fsp3) is 0.0667. The normalized spacial score (nSPS) is 13.1. The number of aryl methyl sites for hydroxylation is 2. The number of rotatable bonds is 6. The van der Waals surface area contributed by atoms with E-state index in [1.807, 2.05) is 31.2 Å². The Labute approximate surface area is 287 Å². The first-order valence-corrected chi connectivity index (χ1v) is 16.4. The van der Waals surface area contributed by atoms with Gasteiger partial charge in [-0.15, -0.1) is 0 Å². The summed E-state index contributed by atoms with van der Waals surface area (Å²) in [4.78, 5) is 0. The molecule has 0 aliphatic carbocycles. The number of phenols is 2. The van der Waals surface area contributed by atoms with E-state index in [0.29, 0.717) is 11.0 Å². The van der Waals surface area contributed by atoms with Gasteiger partial charge in [-0.2, -0.15) is 0 Å². The van der Waals surface area contributed by atoms with Crippen LogP contribution in [0.3, 0.4) is 0 Å². The van der Waals surface area contributed by atoms with Crippen LogP contribution in [0.25, 0.3) is 50.1 Å². The van der Waals surface area contributed by atoms with E-state index < -0.39 is 0 Å². The highest BCUT2D eigenvalue weighted by Crippen LogP contribution is 2.41. The molecule has 0 unspecified atom stereocenters. The monoisotopic (exact) mass is 634 g/mol. The molecule has 0 saturated heterocycles. The number of hydrogen-bond donors (Lipinski definition) is 2. The van der Waals surface area contributed by atoms with Crippen LogP contribution in [0.5, 0.6) is 11.5 Å². The molecule has 1 aromatic heterocycles. The molecule has 0 aliphatic rings. The second-order valence-electron chi connectivity index (χ2n) is 12.3. The van der Waals surface area contributed by atoms with Crippen LogP contribution in [-0.2, 0) is 0 Å². The maximum absolute atomic E-state index is 10.5. The third-order valence-corrected chi connectivity index (χ3v) is 9.05. The molecule has 0 saturated carbocycles. The predicted molar refractivity (Wildman–Crippen MR) is 205 cm³/mol. The third-order valence-electron chi connectivity index (χ3n) is 9.05. The molecular formula is C45H35BO3. The lowest BCUT2D eigenvalue weighted by atomic mass is 9.85. The van der Waals surface area contributed by atoms with Gasteiger partial charge in [0, 0.05) is 28.0 Å². The van der Waals surface area contributed by atoms with Gasteiger partial charge < -0.3 is 14.6 Å². The van der Waals surface area contributed by atoms with Crippen molar-refractivity contribution < 1.29 is 14.6 Å². The molecule has 0 spiro atoms. The summed E-state index contributed by atoms with van der Waals surface area (Å²) in [7, 11) is 6.16. The van der Waals surface area contributed by atoms with Gasteiger partial charge in [-0.1, -0.05) is 127 Å². The third kappa shape index (κ3) is 5.98. The van der Waals surface area contributed by atoms with Gasteiger partial charge in [0.2, 0.25) is 0 Å². The number of phenolic OH excluding ortho intramolecular Hbond substituents is 2. The van der Waals surface area contributed by atoms with Crippen molar-refractivity contribution in [3.05, 3.63) is 178 Å². The van der Waals surface area contributed by atoms with Crippen molar-refractivity contribution in [1.29, 1.82) is 0 Å². The van der Waals surface area contributed by atoms with Crippen LogP contribution in [0.15, 0.2) is 144 Å². The predicted octanol–water partition coefficient (Wildman–Crippen LogP) is 8.76. The SMILES string of the molecule is [B]c1cc(O)cc(O)c1-c1ccc(\C=c2/cccc/c2=C(\C(=C\C=C/C)c2c(C)oc3c2ccc2ccccc23)c2ccccc2C)cc1. The fourth-order valence-electron chi connectivity index (χ4n) is 6.78. The van der Waals surface area contributed by atoms with Gasteiger partial charge in [0.15, 0.2) is 0 Å². The summed E-state index contributed by atoms with van der Waals surface area (Å²) in [5, 5.41) is 25.8. The van der Waals surface area contributed by atoms with Crippen LogP contribution in [0.2, 0.25) is 0 Å². The van der Waals surface area contributed by atoms with E-state index in [0.717, 1.165) is 71.3 Å². The summed E-state index contributed by atoms with van der Waals surface area (Å²) in [6, 6.07) is 40.4. The second-order valence-corrected chi connectivity index (χ2v) is 12.3. The topological polar surface area (TPSA) is 53.6 Å². The number of fused-ring (bicyclic) bond motifs is 3. The van der Waals surface area contributed by atoms with Gasteiger partial charge in [0.25, 0.3) is 0 Å². The lowest BCUT2D eigenvalue weighted by Gasteiger charge is -2.16. The molecule has 7 rings (SSSR count). The molecule has 1 heterocycles. The molecule has 2 radical (unpaired) electrons. The van der Waals surface area contributed by atoms with Crippen molar-refractivity contribution in [3.63, 3.8) is 0 Å². The minimum Gasteiger partial charge on any atom is -0.508 e. The van der Waals surface area contributed by atoms with E-state index in [4.69, 9.17) is 12.3 Å². The van der Waals surface area contributed by atoms with Crippen LogP contribution in [0, 0.1) is 13.8 Å². The van der Waals surface area contributed by atoms with Crippen LogP contribution in [-0.4, -0.2) is 18.1 Å². The highest BCUT2D eigenvalue weighted by atomic mass is 16.3. The first-order valence-electron chi connectivity index (χ1n) is 16.4. The molecule has 6 aromatic carbocycles. The molecule has 0 fully saturated rings. The zero-order valence-electron chi connectivity index (χ0n) is 27.7. The number of benzene rings is 6. The average Bonchev–Trinajstić information content (AvgIpc) is 3.44. The number of hydrogen-bond acceptors (Lipinski definition) is 3. The number of furan rings is 1. The molecule has 236 valence electrons. The Morgan fingerprint density at radius 1 is 0.755 bits per heavy atom. The van der Waals surface area contributed by atoms with Crippen molar-refractivity contribution in [2.24, 2.45) is 0 Å². The first-order chi connectivity index (χ1) is 23.8. The zero-order chi connectivity index (χ0) is 34.1. The van der Waals surface area contributed by atoms with Crippen molar-refractivity contribution in [2.45, 2.75) is 20.8 Å². The van der Waals surface area contributed by atoms with Gasteiger partial charge in [0.1, 0.15) is 30.7 Å². The number of allylic oxidation sites excluding steroid dienone is 4. The fourth-order valence-corrected chi connectivity index (χ4v) is 6.78. The molecular weight excluding hydrogens is 599 g/mol. The van der Waals surface area contributed by atoms with Crippen LogP contribution < -0.4 is 15.9 Å². The van der Waals surface area contributed by atoms with E-state index in [1.54, 1.807) is 0 Å². The Balaban J connectivity index is 1.50. The summed E-state index contributed by atoms with van der Waals surface area (Å²) < 4.78 is 6.60. The van der Waals surface area contributed by atoms with Crippen molar-refractivity contribution in [3.8, 4) is 22.6 Å². The summed E-state index contributed by atoms with van der Waals surface area (Å²) in [5.41, 5.74) is 9.03. The van der Waals surface area contributed by atoms with Gasteiger partial charge in [-0.25, -0.2) is 0 Å². The molecule has 49 heavy (non-hydrogen) atoms. The molecule has 0 atom stereocenters. The number of aromatic hydroxyl groups is 2. The van der Waals surface area contributed by atoms with Crippen molar-refractivity contribution in [1.82, 2.24) is 0 Å². The average molecular weight is 635 g/mol. The molecule has 0 amide bonds. The van der Waals surface area contributed by atoms with Crippen LogP contribution in [0.1, 0.15) is 34.9 Å². The molecule has 7 aromatic rings. The Morgan fingerprint density at radius 3 is 2.27 bits per heavy atom. The Kier molecular flexibility index (Phi) is 8.54. The summed E-state index contributed by atoms with van der Waals surface area (Å²) in [6.07, 6.45) is 8.54. The summed E-state index contributed by atoms with van der Waals surface area (Å²) in [5.74, 6) is 0.727. The highest BCUT2D eigenvalue weighted by Gasteiger charge is 2.22. The van der Waals surface area contributed by atoms with Crippen molar-refractivity contribution in [2.75, 3.05) is 0 Å². The van der Waals surface area contributed by atoms with Crippen LogP contribution >= 0.6 is 0 Å². The lowest BCUT2D eigenvalue weighted by Crippen LogP contribution is -2.28. The van der Waals surface area contributed by atoms with E-state index in [9.17, 15) is 10.2 Å². The van der Waals surface area contributed by atoms with Gasteiger partial charge in [-0.05, 0) is 88.2 Å². The lowest BCUT2D eigenvalue weighted by molar-refractivity contribution is 0.452. The standard InChI is InChI=1S/C45H35BO3/c1-4-5-15-38(42-29(3)49-45-37-18-11-7-13-31(37)23-24-39(42)45)44(35-16-9-6-12-28(35)2)36-17-10-8-14-33(36)25-30-19-21-32(22-20-30)43-40(46)26-34(47)27-41(43)48/h4-27,47-48H,1-3H3/b5-4-,33-25+,38-15+,44-36+. The van der Waals surface area contributed by atoms with Gasteiger partial charge in [-0.3, -0.25) is 0 Å². The molecule has 3 nitrogen and oxygen atoms in total. The Morgan fingerprint density at radius 2 is 1.49 bits per heavy atom. The maximum atomic E-state index is 10.5.